The fraction of sp³-hybridized carbons (Fsp3) is 0.833. The summed E-state index contributed by atoms with van der Waals surface area (Å²) in [5.41, 5.74) is -0.942. The lowest BCUT2D eigenvalue weighted by Crippen LogP contribution is -2.56. The van der Waals surface area contributed by atoms with E-state index < -0.39 is 42.7 Å². The van der Waals surface area contributed by atoms with Gasteiger partial charge in [-0.15, -0.1) is 0 Å². The number of nitrogens with one attached hydrogen (secondary N) is 1. The minimum Gasteiger partial charge on any atom is -0.481 e. The van der Waals surface area contributed by atoms with Crippen molar-refractivity contribution in [3.63, 3.8) is 0 Å². The highest BCUT2D eigenvalue weighted by molar-refractivity contribution is 5.80. The van der Waals surface area contributed by atoms with Gasteiger partial charge in [0.15, 0.2) is 0 Å². The number of carboxylic acids is 1. The van der Waals surface area contributed by atoms with E-state index in [9.17, 15) is 22.8 Å². The summed E-state index contributed by atoms with van der Waals surface area (Å²) in [5.74, 6) is -2.48. The first kappa shape index (κ1) is 16.7. The van der Waals surface area contributed by atoms with Gasteiger partial charge in [0, 0.05) is 0 Å². The van der Waals surface area contributed by atoms with E-state index in [-0.39, 0.29) is 0 Å². The Kier molecular flexibility index (Phi) is 5.38. The van der Waals surface area contributed by atoms with Crippen LogP contribution in [0.2, 0.25) is 0 Å². The number of alkyl halides is 3. The van der Waals surface area contributed by atoms with E-state index in [2.05, 4.69) is 10.1 Å². The Morgan fingerprint density at radius 2 is 2.05 bits per heavy atom. The molecule has 0 radical (unpaired) electrons. The summed E-state index contributed by atoms with van der Waals surface area (Å²) in [6, 6.07) is 0. The van der Waals surface area contributed by atoms with Crippen LogP contribution in [0.5, 0.6) is 0 Å². The Labute approximate surface area is 114 Å². The van der Waals surface area contributed by atoms with Crippen LogP contribution in [0.1, 0.15) is 32.6 Å². The van der Waals surface area contributed by atoms with Crippen molar-refractivity contribution in [3.8, 4) is 0 Å². The van der Waals surface area contributed by atoms with Crippen molar-refractivity contribution in [3.05, 3.63) is 0 Å². The lowest BCUT2D eigenvalue weighted by atomic mass is 9.74. The van der Waals surface area contributed by atoms with Crippen molar-refractivity contribution in [1.29, 1.82) is 0 Å². The summed E-state index contributed by atoms with van der Waals surface area (Å²) < 4.78 is 39.9. The SMILES string of the molecule is CC1(NC(=O)COCC(F)(F)F)CCCCC1C(=O)O. The highest BCUT2D eigenvalue weighted by atomic mass is 19.4. The third-order valence-corrected chi connectivity index (χ3v) is 3.43. The van der Waals surface area contributed by atoms with Gasteiger partial charge in [0.1, 0.15) is 13.2 Å². The molecule has 0 aromatic carbocycles. The second-order valence-electron chi connectivity index (χ2n) is 5.21. The van der Waals surface area contributed by atoms with Crippen LogP contribution in [0.4, 0.5) is 13.2 Å². The summed E-state index contributed by atoms with van der Waals surface area (Å²) in [6.07, 6.45) is -2.04. The van der Waals surface area contributed by atoms with E-state index in [1.165, 1.54) is 0 Å². The average Bonchev–Trinajstić information content (AvgIpc) is 2.26. The van der Waals surface area contributed by atoms with Crippen molar-refractivity contribution in [2.24, 2.45) is 5.92 Å². The van der Waals surface area contributed by atoms with E-state index in [1.807, 2.05) is 0 Å². The smallest absolute Gasteiger partial charge is 0.411 e. The molecular weight excluding hydrogens is 279 g/mol. The van der Waals surface area contributed by atoms with E-state index >= 15 is 0 Å². The molecule has 2 N–H and O–H groups in total. The predicted molar refractivity (Wildman–Crippen MR) is 63.0 cm³/mol. The Bertz CT molecular complexity index is 372. The second-order valence-corrected chi connectivity index (χ2v) is 5.21. The molecule has 1 saturated carbocycles. The van der Waals surface area contributed by atoms with Crippen molar-refractivity contribution < 1.29 is 32.6 Å². The zero-order chi connectivity index (χ0) is 15.4. The summed E-state index contributed by atoms with van der Waals surface area (Å²) >= 11 is 0. The highest BCUT2D eigenvalue weighted by Gasteiger charge is 2.42. The first-order valence-corrected chi connectivity index (χ1v) is 6.32. The lowest BCUT2D eigenvalue weighted by molar-refractivity contribution is -0.176. The van der Waals surface area contributed by atoms with E-state index in [0.717, 1.165) is 12.8 Å². The molecule has 2 unspecified atom stereocenters. The highest BCUT2D eigenvalue weighted by Crippen LogP contribution is 2.33. The number of hydrogen-bond acceptors (Lipinski definition) is 3. The van der Waals surface area contributed by atoms with Crippen LogP contribution in [0, 0.1) is 5.92 Å². The van der Waals surface area contributed by atoms with Gasteiger partial charge in [0.25, 0.3) is 0 Å². The number of carbonyl (C=O) groups is 2. The Morgan fingerprint density at radius 1 is 1.40 bits per heavy atom. The van der Waals surface area contributed by atoms with Gasteiger partial charge in [-0.05, 0) is 19.8 Å². The molecule has 0 spiro atoms. The van der Waals surface area contributed by atoms with Gasteiger partial charge >= 0.3 is 12.1 Å². The van der Waals surface area contributed by atoms with Gasteiger partial charge in [0.05, 0.1) is 11.5 Å². The Balaban J connectivity index is 2.51. The van der Waals surface area contributed by atoms with E-state index in [0.29, 0.717) is 12.8 Å². The lowest BCUT2D eigenvalue weighted by Gasteiger charge is -2.39. The third kappa shape index (κ3) is 4.99. The van der Waals surface area contributed by atoms with Crippen LogP contribution in [0.15, 0.2) is 0 Å². The second kappa shape index (κ2) is 6.43. The van der Waals surface area contributed by atoms with Gasteiger partial charge in [-0.1, -0.05) is 12.8 Å². The Hall–Kier alpha value is -1.31. The number of ether oxygens (including phenoxy) is 1. The van der Waals surface area contributed by atoms with Crippen LogP contribution in [0.25, 0.3) is 0 Å². The van der Waals surface area contributed by atoms with Gasteiger partial charge in [0.2, 0.25) is 5.91 Å². The molecule has 0 aliphatic heterocycles. The first-order chi connectivity index (χ1) is 9.14. The number of carbonyl (C=O) groups excluding carboxylic acids is 1. The van der Waals surface area contributed by atoms with E-state index in [1.54, 1.807) is 6.92 Å². The maximum Gasteiger partial charge on any atom is 0.411 e. The molecule has 5 nitrogen and oxygen atoms in total. The molecule has 0 aromatic rings. The fourth-order valence-electron chi connectivity index (χ4n) is 2.49. The molecule has 8 heteroatoms. The quantitative estimate of drug-likeness (QED) is 0.810. The summed E-state index contributed by atoms with van der Waals surface area (Å²) in [7, 11) is 0. The number of halogens is 3. The number of rotatable bonds is 5. The molecular formula is C12H18F3NO4. The van der Waals surface area contributed by atoms with Crippen molar-refractivity contribution in [2.75, 3.05) is 13.2 Å². The van der Waals surface area contributed by atoms with Crippen LogP contribution in [-0.2, 0) is 14.3 Å². The molecule has 116 valence electrons. The normalized spacial score (nSPS) is 27.1. The maximum atomic E-state index is 11.9. The van der Waals surface area contributed by atoms with Crippen molar-refractivity contribution in [2.45, 2.75) is 44.3 Å². The minimum atomic E-state index is -4.49. The van der Waals surface area contributed by atoms with Crippen LogP contribution in [-0.4, -0.2) is 41.9 Å². The molecule has 1 aliphatic rings. The van der Waals surface area contributed by atoms with E-state index in [4.69, 9.17) is 5.11 Å². The summed E-state index contributed by atoms with van der Waals surface area (Å²) in [5, 5.41) is 11.6. The van der Waals surface area contributed by atoms with Gasteiger partial charge in [-0.2, -0.15) is 13.2 Å². The zero-order valence-electron chi connectivity index (χ0n) is 11.1. The maximum absolute atomic E-state index is 11.9. The predicted octanol–water partition coefficient (Wildman–Crippen LogP) is 1.71. The van der Waals surface area contributed by atoms with Crippen LogP contribution >= 0.6 is 0 Å². The fourth-order valence-corrected chi connectivity index (χ4v) is 2.49. The first-order valence-electron chi connectivity index (χ1n) is 6.32. The molecule has 0 saturated heterocycles. The third-order valence-electron chi connectivity index (χ3n) is 3.43. The minimum absolute atomic E-state index is 0.440. The monoisotopic (exact) mass is 297 g/mol. The van der Waals surface area contributed by atoms with Crippen molar-refractivity contribution >= 4 is 11.9 Å². The van der Waals surface area contributed by atoms with Crippen LogP contribution < -0.4 is 5.32 Å². The summed E-state index contributed by atoms with van der Waals surface area (Å²) in [6.45, 7) is -0.631. The summed E-state index contributed by atoms with van der Waals surface area (Å²) in [4.78, 5) is 22.7. The molecule has 20 heavy (non-hydrogen) atoms. The van der Waals surface area contributed by atoms with Crippen molar-refractivity contribution in [1.82, 2.24) is 5.32 Å². The van der Waals surface area contributed by atoms with Gasteiger partial charge < -0.3 is 15.2 Å². The molecule has 0 bridgehead atoms. The number of carboxylic acid groups (broad SMARTS) is 1. The van der Waals surface area contributed by atoms with Gasteiger partial charge in [-0.25, -0.2) is 0 Å². The zero-order valence-corrected chi connectivity index (χ0v) is 11.1. The van der Waals surface area contributed by atoms with Gasteiger partial charge in [-0.3, -0.25) is 9.59 Å². The average molecular weight is 297 g/mol. The molecule has 1 fully saturated rings. The largest absolute Gasteiger partial charge is 0.481 e. The Morgan fingerprint density at radius 3 is 2.60 bits per heavy atom. The molecule has 1 aliphatic carbocycles. The number of amides is 1. The molecule has 0 aromatic heterocycles. The molecule has 1 rings (SSSR count). The number of aliphatic carboxylic acids is 1. The molecule has 0 heterocycles. The molecule has 2 atom stereocenters. The number of hydrogen-bond donors (Lipinski definition) is 2. The molecule has 1 amide bonds. The topological polar surface area (TPSA) is 75.6 Å². The van der Waals surface area contributed by atoms with Crippen LogP contribution in [0.3, 0.4) is 0 Å². The standard InChI is InChI=1S/C12H18F3NO4/c1-11(5-3-2-4-8(11)10(18)19)16-9(17)6-20-7-12(13,14)15/h8H,2-7H2,1H3,(H,16,17)(H,18,19).